The molecule has 25 heavy (non-hydrogen) atoms. The summed E-state index contributed by atoms with van der Waals surface area (Å²) in [6, 6.07) is 16.0. The van der Waals surface area contributed by atoms with E-state index in [1.807, 2.05) is 30.3 Å². The van der Waals surface area contributed by atoms with Gasteiger partial charge in [-0.1, -0.05) is 49.4 Å². The molecule has 0 aliphatic rings. The van der Waals surface area contributed by atoms with Crippen LogP contribution in [-0.2, 0) is 13.0 Å². The van der Waals surface area contributed by atoms with Gasteiger partial charge in [-0.25, -0.2) is 0 Å². The minimum absolute atomic E-state index is 0.00907. The molecule has 2 aromatic rings. The molecule has 0 radical (unpaired) electrons. The third-order valence-electron chi connectivity index (χ3n) is 3.97. The normalized spacial score (nSPS) is 14.1. The molecule has 0 aromatic heterocycles. The van der Waals surface area contributed by atoms with Crippen molar-refractivity contribution in [2.45, 2.75) is 32.3 Å². The molecule has 0 amide bonds. The molecule has 0 aliphatic heterocycles. The average Bonchev–Trinajstić information content (AvgIpc) is 2.54. The van der Waals surface area contributed by atoms with E-state index in [9.17, 15) is 13.2 Å². The summed E-state index contributed by atoms with van der Waals surface area (Å²) in [5.41, 5.74) is 8.16. The molecular formula is C19H23F3N2O. The molecule has 0 fully saturated rings. The Bertz CT molecular complexity index is 647. The van der Waals surface area contributed by atoms with Crippen LogP contribution in [0.25, 0.3) is 0 Å². The first-order valence-electron chi connectivity index (χ1n) is 8.18. The highest BCUT2D eigenvalue weighted by molar-refractivity contribution is 5.28. The molecule has 0 spiro atoms. The summed E-state index contributed by atoms with van der Waals surface area (Å²) in [6.07, 6.45) is -3.89. The fourth-order valence-corrected chi connectivity index (χ4v) is 2.54. The topological polar surface area (TPSA) is 47.3 Å². The molecule has 2 aromatic carbocycles. The van der Waals surface area contributed by atoms with E-state index in [-0.39, 0.29) is 17.7 Å². The van der Waals surface area contributed by atoms with Gasteiger partial charge in [-0.15, -0.1) is 13.2 Å². The van der Waals surface area contributed by atoms with Gasteiger partial charge < -0.3 is 15.8 Å². The van der Waals surface area contributed by atoms with Crippen LogP contribution < -0.4 is 15.8 Å². The van der Waals surface area contributed by atoms with Crippen LogP contribution in [0.5, 0.6) is 5.75 Å². The van der Waals surface area contributed by atoms with Gasteiger partial charge in [0.15, 0.2) is 0 Å². The SMILES string of the molecule is CC(CNCc1cccc(OC(F)(F)F)c1)C(N)Cc1ccccc1. The van der Waals surface area contributed by atoms with Gasteiger partial charge in [0, 0.05) is 12.6 Å². The highest BCUT2D eigenvalue weighted by Crippen LogP contribution is 2.23. The largest absolute Gasteiger partial charge is 0.573 e. The van der Waals surface area contributed by atoms with Crippen molar-refractivity contribution in [1.29, 1.82) is 0 Å². The van der Waals surface area contributed by atoms with E-state index in [1.54, 1.807) is 12.1 Å². The van der Waals surface area contributed by atoms with Crippen molar-refractivity contribution in [3.8, 4) is 5.75 Å². The van der Waals surface area contributed by atoms with E-state index in [0.717, 1.165) is 12.0 Å². The Morgan fingerprint density at radius 3 is 2.40 bits per heavy atom. The molecule has 0 aliphatic carbocycles. The second kappa shape index (κ2) is 8.87. The van der Waals surface area contributed by atoms with Gasteiger partial charge in [-0.2, -0.15) is 0 Å². The number of hydrogen-bond donors (Lipinski definition) is 2. The van der Waals surface area contributed by atoms with Crippen LogP contribution in [0.4, 0.5) is 13.2 Å². The summed E-state index contributed by atoms with van der Waals surface area (Å²) in [4.78, 5) is 0. The molecular weight excluding hydrogens is 329 g/mol. The van der Waals surface area contributed by atoms with Gasteiger partial charge >= 0.3 is 6.36 Å². The summed E-state index contributed by atoms with van der Waals surface area (Å²) in [5, 5.41) is 3.24. The molecule has 0 bridgehead atoms. The number of benzene rings is 2. The summed E-state index contributed by atoms with van der Waals surface area (Å²) in [7, 11) is 0. The zero-order valence-electron chi connectivity index (χ0n) is 14.1. The molecule has 0 saturated carbocycles. The smallest absolute Gasteiger partial charge is 0.406 e. The Morgan fingerprint density at radius 2 is 1.72 bits per heavy atom. The van der Waals surface area contributed by atoms with Crippen LogP contribution in [0.3, 0.4) is 0 Å². The van der Waals surface area contributed by atoms with Crippen LogP contribution in [0.2, 0.25) is 0 Å². The number of ether oxygens (including phenoxy) is 1. The van der Waals surface area contributed by atoms with Crippen molar-refractivity contribution in [2.75, 3.05) is 6.54 Å². The molecule has 0 heterocycles. The lowest BCUT2D eigenvalue weighted by Crippen LogP contribution is -2.36. The van der Waals surface area contributed by atoms with Gasteiger partial charge in [-0.05, 0) is 42.1 Å². The van der Waals surface area contributed by atoms with Crippen molar-refractivity contribution in [1.82, 2.24) is 5.32 Å². The maximum absolute atomic E-state index is 12.2. The summed E-state index contributed by atoms with van der Waals surface area (Å²) in [5.74, 6) is 0.0236. The van der Waals surface area contributed by atoms with E-state index < -0.39 is 6.36 Å². The minimum Gasteiger partial charge on any atom is -0.406 e. The molecule has 0 saturated heterocycles. The molecule has 3 N–H and O–H groups in total. The fraction of sp³-hybridized carbons (Fsp3) is 0.368. The molecule has 3 nitrogen and oxygen atoms in total. The van der Waals surface area contributed by atoms with Crippen molar-refractivity contribution < 1.29 is 17.9 Å². The van der Waals surface area contributed by atoms with Gasteiger partial charge in [0.05, 0.1) is 0 Å². The van der Waals surface area contributed by atoms with Crippen LogP contribution in [-0.4, -0.2) is 18.9 Å². The highest BCUT2D eigenvalue weighted by Gasteiger charge is 2.31. The van der Waals surface area contributed by atoms with Gasteiger partial charge in [0.2, 0.25) is 0 Å². The molecule has 6 heteroatoms. The van der Waals surface area contributed by atoms with Crippen LogP contribution in [0, 0.1) is 5.92 Å². The van der Waals surface area contributed by atoms with E-state index in [2.05, 4.69) is 17.0 Å². The Kier molecular flexibility index (Phi) is 6.84. The maximum atomic E-state index is 12.2. The zero-order chi connectivity index (χ0) is 18.3. The molecule has 136 valence electrons. The number of hydrogen-bond acceptors (Lipinski definition) is 3. The van der Waals surface area contributed by atoms with E-state index in [1.165, 1.54) is 17.7 Å². The van der Waals surface area contributed by atoms with Gasteiger partial charge in [-0.3, -0.25) is 0 Å². The Hall–Kier alpha value is -2.05. The number of nitrogens with two attached hydrogens (primary N) is 1. The van der Waals surface area contributed by atoms with Gasteiger partial charge in [0.25, 0.3) is 0 Å². The van der Waals surface area contributed by atoms with Crippen molar-refractivity contribution >= 4 is 0 Å². The number of halogens is 3. The fourth-order valence-electron chi connectivity index (χ4n) is 2.54. The maximum Gasteiger partial charge on any atom is 0.573 e. The van der Waals surface area contributed by atoms with E-state index >= 15 is 0 Å². The van der Waals surface area contributed by atoms with Crippen LogP contribution in [0.1, 0.15) is 18.1 Å². The average molecular weight is 352 g/mol. The molecule has 2 rings (SSSR count). The van der Waals surface area contributed by atoms with Crippen molar-refractivity contribution in [2.24, 2.45) is 11.7 Å². The van der Waals surface area contributed by atoms with Crippen molar-refractivity contribution in [3.05, 3.63) is 65.7 Å². The predicted octanol–water partition coefficient (Wildman–Crippen LogP) is 3.88. The second-order valence-corrected chi connectivity index (χ2v) is 6.16. The first-order valence-corrected chi connectivity index (χ1v) is 8.18. The minimum atomic E-state index is -4.68. The first-order chi connectivity index (χ1) is 11.8. The Labute approximate surface area is 146 Å². The lowest BCUT2D eigenvalue weighted by molar-refractivity contribution is -0.274. The van der Waals surface area contributed by atoms with E-state index in [4.69, 9.17) is 5.73 Å². The molecule has 2 unspecified atom stereocenters. The lowest BCUT2D eigenvalue weighted by atomic mass is 9.95. The highest BCUT2D eigenvalue weighted by atomic mass is 19.4. The zero-order valence-corrected chi connectivity index (χ0v) is 14.1. The quantitative estimate of drug-likeness (QED) is 0.758. The summed E-state index contributed by atoms with van der Waals surface area (Å²) >= 11 is 0. The monoisotopic (exact) mass is 352 g/mol. The van der Waals surface area contributed by atoms with E-state index in [0.29, 0.717) is 13.1 Å². The second-order valence-electron chi connectivity index (χ2n) is 6.16. The number of alkyl halides is 3. The molecule has 2 atom stereocenters. The third-order valence-corrected chi connectivity index (χ3v) is 3.97. The van der Waals surface area contributed by atoms with Crippen LogP contribution >= 0.6 is 0 Å². The third kappa shape index (κ3) is 7.15. The lowest BCUT2D eigenvalue weighted by Gasteiger charge is -2.20. The summed E-state index contributed by atoms with van der Waals surface area (Å²) < 4.78 is 40.7. The standard InChI is InChI=1S/C19H23F3N2O/c1-14(18(23)11-15-6-3-2-4-7-15)12-24-13-16-8-5-9-17(10-16)25-19(20,21)22/h2-10,14,18,24H,11-13,23H2,1H3. The summed E-state index contributed by atoms with van der Waals surface area (Å²) in [6.45, 7) is 3.19. The van der Waals surface area contributed by atoms with Crippen LogP contribution in [0.15, 0.2) is 54.6 Å². The Morgan fingerprint density at radius 1 is 1.04 bits per heavy atom. The van der Waals surface area contributed by atoms with Gasteiger partial charge in [0.1, 0.15) is 5.75 Å². The first kappa shape index (κ1) is 19.3. The number of rotatable bonds is 8. The predicted molar refractivity (Wildman–Crippen MR) is 92.1 cm³/mol. The number of nitrogens with one attached hydrogen (secondary N) is 1. The van der Waals surface area contributed by atoms with Crippen molar-refractivity contribution in [3.63, 3.8) is 0 Å². The Balaban J connectivity index is 1.79.